The van der Waals surface area contributed by atoms with E-state index in [1.165, 1.54) is 11.1 Å². The number of fused-ring (bicyclic) bond motifs is 1. The molecule has 2 aliphatic rings. The highest BCUT2D eigenvalue weighted by Gasteiger charge is 2.44. The molecule has 2 atom stereocenters. The van der Waals surface area contributed by atoms with Crippen LogP contribution in [0.3, 0.4) is 0 Å². The van der Waals surface area contributed by atoms with Gasteiger partial charge in [0.05, 0.1) is 6.61 Å². The van der Waals surface area contributed by atoms with E-state index in [0.29, 0.717) is 5.92 Å². The Bertz CT molecular complexity index is 428. The van der Waals surface area contributed by atoms with Crippen LogP contribution >= 0.6 is 11.6 Å². The van der Waals surface area contributed by atoms with Gasteiger partial charge in [0.25, 0.3) is 0 Å². The standard InChI is InChI=1S/C12H11ClO2/c13-12(14)10-6-9(10)7-2-1-3-11-8(7)4-5-15-11/h1-3,9-10H,4-6H2/t9-,10+/m0/s1. The summed E-state index contributed by atoms with van der Waals surface area (Å²) in [5.41, 5.74) is 2.55. The zero-order valence-corrected chi connectivity index (χ0v) is 8.96. The molecule has 1 heterocycles. The summed E-state index contributed by atoms with van der Waals surface area (Å²) in [5, 5.41) is -0.198. The number of hydrogen-bond donors (Lipinski definition) is 0. The van der Waals surface area contributed by atoms with E-state index < -0.39 is 0 Å². The summed E-state index contributed by atoms with van der Waals surface area (Å²) in [5.74, 6) is 1.37. The Balaban J connectivity index is 1.94. The molecule has 0 N–H and O–H groups in total. The number of rotatable bonds is 2. The van der Waals surface area contributed by atoms with Gasteiger partial charge in [-0.3, -0.25) is 4.79 Å². The molecule has 0 saturated heterocycles. The zero-order valence-electron chi connectivity index (χ0n) is 8.20. The van der Waals surface area contributed by atoms with Crippen LogP contribution in [-0.4, -0.2) is 11.8 Å². The zero-order chi connectivity index (χ0) is 10.4. The van der Waals surface area contributed by atoms with Crippen molar-refractivity contribution >= 4 is 16.8 Å². The minimum absolute atomic E-state index is 0.0405. The average Bonchev–Trinajstić information content (AvgIpc) is 2.87. The molecule has 1 aromatic carbocycles. The number of carbonyl (C=O) groups is 1. The fourth-order valence-corrected chi connectivity index (χ4v) is 2.63. The lowest BCUT2D eigenvalue weighted by Gasteiger charge is -2.05. The second kappa shape index (κ2) is 3.24. The average molecular weight is 223 g/mol. The van der Waals surface area contributed by atoms with Crippen LogP contribution in [0.15, 0.2) is 18.2 Å². The first-order valence-electron chi connectivity index (χ1n) is 5.21. The summed E-state index contributed by atoms with van der Waals surface area (Å²) in [7, 11) is 0. The van der Waals surface area contributed by atoms with E-state index in [2.05, 4.69) is 6.07 Å². The molecule has 15 heavy (non-hydrogen) atoms. The maximum Gasteiger partial charge on any atom is 0.225 e. The normalized spacial score (nSPS) is 27.0. The van der Waals surface area contributed by atoms with Gasteiger partial charge in [-0.05, 0) is 35.6 Å². The van der Waals surface area contributed by atoms with Crippen molar-refractivity contribution in [2.24, 2.45) is 5.92 Å². The minimum atomic E-state index is -0.198. The van der Waals surface area contributed by atoms with Crippen LogP contribution in [0.2, 0.25) is 0 Å². The lowest BCUT2D eigenvalue weighted by molar-refractivity contribution is -0.112. The highest BCUT2D eigenvalue weighted by molar-refractivity contribution is 6.64. The van der Waals surface area contributed by atoms with Crippen molar-refractivity contribution in [3.05, 3.63) is 29.3 Å². The Kier molecular flexibility index (Phi) is 1.99. The number of ether oxygens (including phenoxy) is 1. The lowest BCUT2D eigenvalue weighted by Crippen LogP contribution is -1.94. The molecule has 0 spiro atoms. The summed E-state index contributed by atoms with van der Waals surface area (Å²) in [4.78, 5) is 11.0. The monoisotopic (exact) mass is 222 g/mol. The molecule has 0 unspecified atom stereocenters. The van der Waals surface area contributed by atoms with Crippen molar-refractivity contribution in [3.63, 3.8) is 0 Å². The maximum absolute atomic E-state index is 11.0. The predicted octanol–water partition coefficient (Wildman–Crippen LogP) is 2.49. The highest BCUT2D eigenvalue weighted by Crippen LogP contribution is 2.51. The Morgan fingerprint density at radius 3 is 3.07 bits per heavy atom. The van der Waals surface area contributed by atoms with Gasteiger partial charge in [-0.2, -0.15) is 0 Å². The van der Waals surface area contributed by atoms with E-state index in [0.717, 1.165) is 25.2 Å². The van der Waals surface area contributed by atoms with Crippen molar-refractivity contribution in [2.45, 2.75) is 18.8 Å². The molecule has 2 nitrogen and oxygen atoms in total. The Morgan fingerprint density at radius 2 is 2.33 bits per heavy atom. The molecule has 0 radical (unpaired) electrons. The molecule has 3 rings (SSSR count). The first kappa shape index (κ1) is 9.22. The molecule has 1 aromatic rings. The third kappa shape index (κ3) is 1.44. The van der Waals surface area contributed by atoms with Crippen molar-refractivity contribution in [3.8, 4) is 5.75 Å². The van der Waals surface area contributed by atoms with Crippen LogP contribution in [0, 0.1) is 5.92 Å². The van der Waals surface area contributed by atoms with Crippen LogP contribution in [0.5, 0.6) is 5.75 Å². The van der Waals surface area contributed by atoms with Crippen molar-refractivity contribution < 1.29 is 9.53 Å². The number of halogens is 1. The largest absolute Gasteiger partial charge is 0.493 e. The van der Waals surface area contributed by atoms with Crippen LogP contribution in [0.1, 0.15) is 23.5 Å². The van der Waals surface area contributed by atoms with Gasteiger partial charge in [0.2, 0.25) is 5.24 Å². The summed E-state index contributed by atoms with van der Waals surface area (Å²) in [6, 6.07) is 6.08. The molecule has 0 bridgehead atoms. The summed E-state index contributed by atoms with van der Waals surface area (Å²) < 4.78 is 5.49. The van der Waals surface area contributed by atoms with Gasteiger partial charge in [0.15, 0.2) is 0 Å². The third-order valence-corrected chi connectivity index (χ3v) is 3.54. The number of carbonyl (C=O) groups excluding carboxylic acids is 1. The van der Waals surface area contributed by atoms with Crippen LogP contribution in [0.25, 0.3) is 0 Å². The summed E-state index contributed by atoms with van der Waals surface area (Å²) >= 11 is 5.50. The Labute approximate surface area is 93.2 Å². The molecule has 3 heteroatoms. The molecule has 1 aliphatic heterocycles. The number of hydrogen-bond acceptors (Lipinski definition) is 2. The highest BCUT2D eigenvalue weighted by atomic mass is 35.5. The fraction of sp³-hybridized carbons (Fsp3) is 0.417. The molecule has 0 aromatic heterocycles. The van der Waals surface area contributed by atoms with Crippen LogP contribution in [-0.2, 0) is 11.2 Å². The summed E-state index contributed by atoms with van der Waals surface area (Å²) in [6.45, 7) is 0.762. The molecule has 1 aliphatic carbocycles. The van der Waals surface area contributed by atoms with Gasteiger partial charge in [0.1, 0.15) is 5.75 Å². The van der Waals surface area contributed by atoms with Gasteiger partial charge in [-0.1, -0.05) is 12.1 Å². The van der Waals surface area contributed by atoms with E-state index in [9.17, 15) is 4.79 Å². The molecule has 1 fully saturated rings. The van der Waals surface area contributed by atoms with Gasteiger partial charge in [0, 0.05) is 17.9 Å². The first-order chi connectivity index (χ1) is 7.27. The van der Waals surface area contributed by atoms with E-state index in [-0.39, 0.29) is 11.2 Å². The SMILES string of the molecule is O=C(Cl)[C@@H]1C[C@H]1c1cccc2c1CCO2. The maximum atomic E-state index is 11.0. The smallest absolute Gasteiger partial charge is 0.225 e. The van der Waals surface area contributed by atoms with Gasteiger partial charge >= 0.3 is 0 Å². The van der Waals surface area contributed by atoms with Crippen molar-refractivity contribution in [1.29, 1.82) is 0 Å². The van der Waals surface area contributed by atoms with Gasteiger partial charge in [-0.15, -0.1) is 0 Å². The van der Waals surface area contributed by atoms with E-state index in [1.807, 2.05) is 12.1 Å². The van der Waals surface area contributed by atoms with Crippen LogP contribution < -0.4 is 4.74 Å². The number of benzene rings is 1. The van der Waals surface area contributed by atoms with Crippen molar-refractivity contribution in [2.75, 3.05) is 6.61 Å². The van der Waals surface area contributed by atoms with E-state index in [1.54, 1.807) is 0 Å². The second-order valence-corrected chi connectivity index (χ2v) is 4.55. The Morgan fingerprint density at radius 1 is 1.47 bits per heavy atom. The van der Waals surface area contributed by atoms with Crippen molar-refractivity contribution in [1.82, 2.24) is 0 Å². The minimum Gasteiger partial charge on any atom is -0.493 e. The van der Waals surface area contributed by atoms with Gasteiger partial charge in [-0.25, -0.2) is 0 Å². The van der Waals surface area contributed by atoms with E-state index >= 15 is 0 Å². The molecular weight excluding hydrogens is 212 g/mol. The quantitative estimate of drug-likeness (QED) is 0.719. The molecular formula is C12H11ClO2. The summed E-state index contributed by atoms with van der Waals surface area (Å²) in [6.07, 6.45) is 1.87. The molecule has 78 valence electrons. The van der Waals surface area contributed by atoms with Crippen LogP contribution in [0.4, 0.5) is 0 Å². The second-order valence-electron chi connectivity index (χ2n) is 4.18. The fourth-order valence-electron chi connectivity index (χ4n) is 2.39. The van der Waals surface area contributed by atoms with Gasteiger partial charge < -0.3 is 4.74 Å². The lowest BCUT2D eigenvalue weighted by atomic mass is 10.0. The Hall–Kier alpha value is -1.02. The first-order valence-corrected chi connectivity index (χ1v) is 5.59. The van der Waals surface area contributed by atoms with E-state index in [4.69, 9.17) is 16.3 Å². The topological polar surface area (TPSA) is 26.3 Å². The molecule has 1 saturated carbocycles. The third-order valence-electron chi connectivity index (χ3n) is 3.26. The molecule has 0 amide bonds. The predicted molar refractivity (Wildman–Crippen MR) is 57.3 cm³/mol.